The second-order valence-electron chi connectivity index (χ2n) is 6.64. The molecule has 0 atom stereocenters. The average Bonchev–Trinajstić information content (AvgIpc) is 3.19. The molecule has 0 spiro atoms. The third-order valence-electron chi connectivity index (χ3n) is 4.65. The minimum atomic E-state index is -0.644. The summed E-state index contributed by atoms with van der Waals surface area (Å²) in [4.78, 5) is 39.2. The van der Waals surface area contributed by atoms with Gasteiger partial charge in [0.05, 0.1) is 19.3 Å². The van der Waals surface area contributed by atoms with Crippen LogP contribution in [0, 0.1) is 6.92 Å². The van der Waals surface area contributed by atoms with E-state index in [1.54, 1.807) is 24.3 Å². The molecule has 0 saturated heterocycles. The molecule has 1 aliphatic heterocycles. The van der Waals surface area contributed by atoms with Crippen LogP contribution in [0.15, 0.2) is 53.3 Å². The number of benzene rings is 2. The Balaban J connectivity index is 1.51. The van der Waals surface area contributed by atoms with Gasteiger partial charge in [-0.1, -0.05) is 29.8 Å². The Morgan fingerprint density at radius 2 is 1.86 bits per heavy atom. The molecule has 0 fully saturated rings. The number of methoxy groups -OCH3 is 1. The van der Waals surface area contributed by atoms with Crippen molar-refractivity contribution in [1.29, 1.82) is 0 Å². The molecule has 2 amide bonds. The van der Waals surface area contributed by atoms with Crippen LogP contribution in [0.25, 0.3) is 0 Å². The van der Waals surface area contributed by atoms with E-state index in [-0.39, 0.29) is 13.1 Å². The molecule has 0 bridgehead atoms. The first-order valence-corrected chi connectivity index (χ1v) is 8.98. The van der Waals surface area contributed by atoms with Gasteiger partial charge < -0.3 is 10.1 Å². The maximum Gasteiger partial charge on any atom is 0.354 e. The number of carbonyl (C=O) groups excluding carboxylic acids is 2. The van der Waals surface area contributed by atoms with Crippen LogP contribution in [0.4, 0.5) is 16.2 Å². The molecule has 2 aromatic carbocycles. The minimum absolute atomic E-state index is 0.165. The van der Waals surface area contributed by atoms with E-state index in [1.165, 1.54) is 12.0 Å². The van der Waals surface area contributed by atoms with Gasteiger partial charge in [-0.25, -0.2) is 14.3 Å². The van der Waals surface area contributed by atoms with Crippen LogP contribution in [-0.4, -0.2) is 33.4 Å². The van der Waals surface area contributed by atoms with Gasteiger partial charge in [0, 0.05) is 5.69 Å². The summed E-state index contributed by atoms with van der Waals surface area (Å²) in [7, 11) is 1.50. The second kappa shape index (κ2) is 7.27. The second-order valence-corrected chi connectivity index (χ2v) is 6.64. The number of carbonyl (C=O) groups is 2. The Kier molecular flexibility index (Phi) is 4.63. The number of nitrogens with zero attached hydrogens (tertiary/aromatic N) is 4. The van der Waals surface area contributed by atoms with Crippen LogP contribution in [-0.2, 0) is 17.9 Å². The average molecular weight is 393 g/mol. The van der Waals surface area contributed by atoms with Crippen molar-refractivity contribution in [2.24, 2.45) is 0 Å². The van der Waals surface area contributed by atoms with Crippen LogP contribution >= 0.6 is 0 Å². The number of ether oxygens (including phenoxy) is 1. The maximum absolute atomic E-state index is 12.7. The van der Waals surface area contributed by atoms with Crippen molar-refractivity contribution < 1.29 is 14.3 Å². The summed E-state index contributed by atoms with van der Waals surface area (Å²) in [5.74, 6) is 0.353. The Hall–Kier alpha value is -3.88. The fraction of sp³-hybridized carbons (Fsp3) is 0.200. The van der Waals surface area contributed by atoms with Gasteiger partial charge in [-0.2, -0.15) is 9.67 Å². The zero-order chi connectivity index (χ0) is 20.5. The van der Waals surface area contributed by atoms with E-state index in [4.69, 9.17) is 4.74 Å². The number of aromatic nitrogens is 3. The molecule has 2 heterocycles. The normalized spacial score (nSPS) is 12.8. The largest absolute Gasteiger partial charge is 0.495 e. The van der Waals surface area contributed by atoms with Gasteiger partial charge in [-0.15, -0.1) is 0 Å². The number of aryl methyl sites for hydroxylation is 1. The Bertz CT molecular complexity index is 1150. The number of rotatable bonds is 5. The van der Waals surface area contributed by atoms with E-state index in [9.17, 15) is 14.4 Å². The molecule has 0 unspecified atom stereocenters. The number of nitrogens with one attached hydrogen (secondary N) is 1. The van der Waals surface area contributed by atoms with Gasteiger partial charge in [0.1, 0.15) is 12.3 Å². The molecule has 9 heteroatoms. The van der Waals surface area contributed by atoms with Gasteiger partial charge in [-0.3, -0.25) is 9.69 Å². The Morgan fingerprint density at radius 1 is 1.14 bits per heavy atom. The van der Waals surface area contributed by atoms with Gasteiger partial charge >= 0.3 is 11.7 Å². The van der Waals surface area contributed by atoms with E-state index in [1.807, 2.05) is 31.2 Å². The lowest BCUT2D eigenvalue weighted by Crippen LogP contribution is -2.36. The molecule has 1 N–H and O–H groups in total. The number of anilines is 2. The van der Waals surface area contributed by atoms with Gasteiger partial charge in [0.25, 0.3) is 0 Å². The number of fused-ring (bicyclic) bond motifs is 1. The molecule has 9 nitrogen and oxygen atoms in total. The molecule has 0 aliphatic carbocycles. The highest BCUT2D eigenvalue weighted by Crippen LogP contribution is 2.24. The van der Waals surface area contributed by atoms with E-state index in [0.717, 1.165) is 14.8 Å². The zero-order valence-corrected chi connectivity index (χ0v) is 16.0. The summed E-state index contributed by atoms with van der Waals surface area (Å²) < 4.78 is 7.18. The third-order valence-corrected chi connectivity index (χ3v) is 4.65. The summed E-state index contributed by atoms with van der Waals surface area (Å²) in [5, 5.41) is 6.86. The predicted molar refractivity (Wildman–Crippen MR) is 106 cm³/mol. The topological polar surface area (TPSA) is 98.5 Å². The monoisotopic (exact) mass is 393 g/mol. The van der Waals surface area contributed by atoms with Gasteiger partial charge in [0.15, 0.2) is 5.82 Å². The number of hydrogen-bond acceptors (Lipinski definition) is 5. The first-order valence-electron chi connectivity index (χ1n) is 8.98. The SMILES string of the molecule is COc1ccccc1NC(=O)Cn1nc2n(c1=O)C(=O)N(c1ccc(C)cc1)C2. The lowest BCUT2D eigenvalue weighted by molar-refractivity contribution is -0.117. The molecule has 1 aromatic heterocycles. The first-order chi connectivity index (χ1) is 14.0. The lowest BCUT2D eigenvalue weighted by Gasteiger charge is -2.15. The number of para-hydroxylation sites is 2. The molecule has 29 heavy (non-hydrogen) atoms. The van der Waals surface area contributed by atoms with Gasteiger partial charge in [-0.05, 0) is 31.2 Å². The quantitative estimate of drug-likeness (QED) is 0.715. The van der Waals surface area contributed by atoms with Crippen molar-refractivity contribution in [3.05, 3.63) is 70.4 Å². The van der Waals surface area contributed by atoms with Crippen molar-refractivity contribution in [3.63, 3.8) is 0 Å². The number of amides is 2. The first kappa shape index (κ1) is 18.5. The van der Waals surface area contributed by atoms with E-state index < -0.39 is 17.6 Å². The van der Waals surface area contributed by atoms with Crippen molar-refractivity contribution in [3.8, 4) is 5.75 Å². The fourth-order valence-electron chi connectivity index (χ4n) is 3.18. The Morgan fingerprint density at radius 3 is 2.55 bits per heavy atom. The third kappa shape index (κ3) is 3.38. The summed E-state index contributed by atoms with van der Waals surface area (Å²) in [5.41, 5.74) is 1.60. The molecule has 0 radical (unpaired) electrons. The van der Waals surface area contributed by atoms with E-state index in [0.29, 0.717) is 22.9 Å². The molecule has 0 saturated carbocycles. The highest BCUT2D eigenvalue weighted by molar-refractivity contribution is 5.96. The standard InChI is InChI=1S/C20H19N5O4/c1-13-7-9-14(10-8-13)23-11-17-22-24(20(28)25(17)19(23)27)12-18(26)21-15-5-3-4-6-16(15)29-2/h3-10H,11-12H2,1-2H3,(H,21,26). The molecule has 4 rings (SSSR count). The summed E-state index contributed by atoms with van der Waals surface area (Å²) in [6, 6.07) is 13.9. The fourth-order valence-corrected chi connectivity index (χ4v) is 3.18. The lowest BCUT2D eigenvalue weighted by atomic mass is 10.2. The van der Waals surface area contributed by atoms with Crippen molar-refractivity contribution >= 4 is 23.3 Å². The van der Waals surface area contributed by atoms with E-state index >= 15 is 0 Å². The minimum Gasteiger partial charge on any atom is -0.495 e. The Labute approximate surface area is 166 Å². The smallest absolute Gasteiger partial charge is 0.354 e. The summed E-state index contributed by atoms with van der Waals surface area (Å²) >= 11 is 0. The van der Waals surface area contributed by atoms with E-state index in [2.05, 4.69) is 10.4 Å². The van der Waals surface area contributed by atoms with Crippen LogP contribution < -0.4 is 20.6 Å². The van der Waals surface area contributed by atoms with Crippen LogP contribution in [0.3, 0.4) is 0 Å². The highest BCUT2D eigenvalue weighted by Gasteiger charge is 2.33. The molecule has 1 aliphatic rings. The maximum atomic E-state index is 12.7. The summed E-state index contributed by atoms with van der Waals surface area (Å²) in [6.07, 6.45) is 0. The molecule has 148 valence electrons. The summed E-state index contributed by atoms with van der Waals surface area (Å²) in [6.45, 7) is 1.81. The van der Waals surface area contributed by atoms with Gasteiger partial charge in [0.2, 0.25) is 5.91 Å². The van der Waals surface area contributed by atoms with Crippen molar-refractivity contribution in [2.75, 3.05) is 17.3 Å². The molecular formula is C20H19N5O4. The predicted octanol–water partition coefficient (Wildman–Crippen LogP) is 1.99. The van der Waals surface area contributed by atoms with Crippen molar-refractivity contribution in [1.82, 2.24) is 14.3 Å². The van der Waals surface area contributed by atoms with Crippen LogP contribution in [0.2, 0.25) is 0 Å². The zero-order valence-electron chi connectivity index (χ0n) is 16.0. The van der Waals surface area contributed by atoms with Crippen LogP contribution in [0.5, 0.6) is 5.75 Å². The van der Waals surface area contributed by atoms with Crippen molar-refractivity contribution in [2.45, 2.75) is 20.0 Å². The van der Waals surface area contributed by atoms with Crippen LogP contribution in [0.1, 0.15) is 11.4 Å². The molecule has 3 aromatic rings. The number of hydrogen-bond donors (Lipinski definition) is 1. The highest BCUT2D eigenvalue weighted by atomic mass is 16.5. The molecular weight excluding hydrogens is 374 g/mol.